The summed E-state index contributed by atoms with van der Waals surface area (Å²) < 4.78 is 0. The van der Waals surface area contributed by atoms with Crippen molar-refractivity contribution in [1.29, 1.82) is 0 Å². The van der Waals surface area contributed by atoms with Crippen molar-refractivity contribution >= 4 is 32.6 Å². The van der Waals surface area contributed by atoms with E-state index in [1.54, 1.807) is 0 Å². The highest BCUT2D eigenvalue weighted by Gasteiger charge is 2.13. The van der Waals surface area contributed by atoms with E-state index in [1.165, 1.54) is 21.5 Å². The minimum absolute atomic E-state index is 0.403. The van der Waals surface area contributed by atoms with Crippen molar-refractivity contribution in [2.75, 3.05) is 0 Å². The molecule has 4 rings (SSSR count). The Labute approximate surface area is 117 Å². The zero-order chi connectivity index (χ0) is 13.7. The predicted molar refractivity (Wildman–Crippen MR) is 85.2 cm³/mol. The Morgan fingerprint density at radius 2 is 1.35 bits per heavy atom. The number of aromatic nitrogens is 2. The first-order valence-corrected chi connectivity index (χ1v) is 7.05. The second-order valence-corrected chi connectivity index (χ2v) is 5.59. The molecule has 2 heteroatoms. The molecule has 98 valence electrons. The molecule has 0 radical (unpaired) electrons. The SMILES string of the molecule is CC(C)c1nc2c3ccccc3c3ccccc3c2[nH]1. The van der Waals surface area contributed by atoms with Crippen LogP contribution in [0.5, 0.6) is 0 Å². The van der Waals surface area contributed by atoms with Crippen molar-refractivity contribution in [3.63, 3.8) is 0 Å². The average Bonchev–Trinajstić information content (AvgIpc) is 2.93. The highest BCUT2D eigenvalue weighted by molar-refractivity contribution is 6.23. The fourth-order valence-corrected chi connectivity index (χ4v) is 2.92. The van der Waals surface area contributed by atoms with Gasteiger partial charge in [0.2, 0.25) is 0 Å². The lowest BCUT2D eigenvalue weighted by atomic mass is 10.0. The zero-order valence-electron chi connectivity index (χ0n) is 11.6. The monoisotopic (exact) mass is 260 g/mol. The molecule has 1 aromatic heterocycles. The molecule has 20 heavy (non-hydrogen) atoms. The normalized spacial score (nSPS) is 11.9. The Morgan fingerprint density at radius 1 is 0.800 bits per heavy atom. The van der Waals surface area contributed by atoms with E-state index in [-0.39, 0.29) is 0 Å². The smallest absolute Gasteiger partial charge is 0.109 e. The van der Waals surface area contributed by atoms with Crippen LogP contribution in [0.1, 0.15) is 25.6 Å². The molecule has 0 atom stereocenters. The van der Waals surface area contributed by atoms with E-state index in [2.05, 4.69) is 67.4 Å². The van der Waals surface area contributed by atoms with Gasteiger partial charge in [0.25, 0.3) is 0 Å². The molecule has 0 amide bonds. The summed E-state index contributed by atoms with van der Waals surface area (Å²) in [7, 11) is 0. The standard InChI is InChI=1S/C18H16N2/c1-11(2)18-19-16-14-9-5-3-7-12(14)13-8-4-6-10-15(13)17(16)20-18/h3-11H,1-2H3,(H,19,20). The van der Waals surface area contributed by atoms with Gasteiger partial charge in [-0.3, -0.25) is 0 Å². The van der Waals surface area contributed by atoms with Gasteiger partial charge in [-0.1, -0.05) is 62.4 Å². The average molecular weight is 260 g/mol. The number of nitrogens with zero attached hydrogens (tertiary/aromatic N) is 1. The number of H-pyrrole nitrogens is 1. The van der Waals surface area contributed by atoms with Gasteiger partial charge in [-0.25, -0.2) is 4.98 Å². The molecule has 2 nitrogen and oxygen atoms in total. The quantitative estimate of drug-likeness (QED) is 0.480. The molecule has 0 unspecified atom stereocenters. The van der Waals surface area contributed by atoms with Crippen molar-refractivity contribution in [2.24, 2.45) is 0 Å². The van der Waals surface area contributed by atoms with Crippen LogP contribution in [0.15, 0.2) is 48.5 Å². The van der Waals surface area contributed by atoms with E-state index in [0.717, 1.165) is 16.9 Å². The minimum atomic E-state index is 0.403. The third-order valence-electron chi connectivity index (χ3n) is 3.94. The summed E-state index contributed by atoms with van der Waals surface area (Å²) in [5.41, 5.74) is 2.24. The third kappa shape index (κ3) is 1.48. The Morgan fingerprint density at radius 3 is 2.00 bits per heavy atom. The Hall–Kier alpha value is -2.35. The maximum Gasteiger partial charge on any atom is 0.109 e. The molecule has 0 saturated carbocycles. The second-order valence-electron chi connectivity index (χ2n) is 5.59. The fraction of sp³-hybridized carbons (Fsp3) is 0.167. The van der Waals surface area contributed by atoms with Crippen molar-refractivity contribution in [1.82, 2.24) is 9.97 Å². The van der Waals surface area contributed by atoms with E-state index in [4.69, 9.17) is 4.98 Å². The lowest BCUT2D eigenvalue weighted by Gasteiger charge is -2.05. The number of aromatic amines is 1. The summed E-state index contributed by atoms with van der Waals surface area (Å²) in [6.07, 6.45) is 0. The first kappa shape index (κ1) is 11.5. The van der Waals surface area contributed by atoms with Crippen LogP contribution in [0.2, 0.25) is 0 Å². The summed E-state index contributed by atoms with van der Waals surface area (Å²) in [6, 6.07) is 17.1. The summed E-state index contributed by atoms with van der Waals surface area (Å²) >= 11 is 0. The molecule has 0 spiro atoms. The minimum Gasteiger partial charge on any atom is -0.341 e. The molecular formula is C18H16N2. The highest BCUT2D eigenvalue weighted by Crippen LogP contribution is 2.34. The Balaban J connectivity index is 2.32. The molecule has 0 bridgehead atoms. The molecule has 1 N–H and O–H groups in total. The molecule has 4 aromatic rings. The number of hydrogen-bond acceptors (Lipinski definition) is 1. The van der Waals surface area contributed by atoms with Gasteiger partial charge in [0, 0.05) is 16.7 Å². The molecular weight excluding hydrogens is 244 g/mol. The van der Waals surface area contributed by atoms with E-state index in [9.17, 15) is 0 Å². The molecule has 1 heterocycles. The first-order valence-electron chi connectivity index (χ1n) is 7.05. The summed E-state index contributed by atoms with van der Waals surface area (Å²) in [5.74, 6) is 1.46. The summed E-state index contributed by atoms with van der Waals surface area (Å²) in [6.45, 7) is 4.34. The molecule has 0 fully saturated rings. The van der Waals surface area contributed by atoms with Crippen molar-refractivity contribution in [2.45, 2.75) is 19.8 Å². The second kappa shape index (κ2) is 4.07. The molecule has 0 aliphatic carbocycles. The van der Waals surface area contributed by atoms with Crippen LogP contribution >= 0.6 is 0 Å². The zero-order valence-corrected chi connectivity index (χ0v) is 11.6. The number of imidazole rings is 1. The van der Waals surface area contributed by atoms with Crippen LogP contribution in [-0.4, -0.2) is 9.97 Å². The van der Waals surface area contributed by atoms with Gasteiger partial charge in [-0.2, -0.15) is 0 Å². The van der Waals surface area contributed by atoms with E-state index < -0.39 is 0 Å². The third-order valence-corrected chi connectivity index (χ3v) is 3.94. The maximum atomic E-state index is 4.83. The molecule has 0 aliphatic rings. The van der Waals surface area contributed by atoms with Gasteiger partial charge in [0.05, 0.1) is 11.0 Å². The number of hydrogen-bond donors (Lipinski definition) is 1. The van der Waals surface area contributed by atoms with Gasteiger partial charge in [-0.05, 0) is 10.8 Å². The summed E-state index contributed by atoms with van der Waals surface area (Å²) in [4.78, 5) is 8.35. The number of benzene rings is 3. The first-order chi connectivity index (χ1) is 9.75. The van der Waals surface area contributed by atoms with Crippen LogP contribution in [-0.2, 0) is 0 Å². The highest BCUT2D eigenvalue weighted by atomic mass is 14.9. The molecule has 3 aromatic carbocycles. The summed E-state index contributed by atoms with van der Waals surface area (Å²) in [5, 5.41) is 5.04. The van der Waals surface area contributed by atoms with Crippen LogP contribution in [0, 0.1) is 0 Å². The van der Waals surface area contributed by atoms with E-state index in [0.29, 0.717) is 5.92 Å². The number of rotatable bonds is 1. The van der Waals surface area contributed by atoms with Crippen molar-refractivity contribution in [3.05, 3.63) is 54.4 Å². The number of fused-ring (bicyclic) bond motifs is 6. The lowest BCUT2D eigenvalue weighted by molar-refractivity contribution is 0.799. The fourth-order valence-electron chi connectivity index (χ4n) is 2.92. The van der Waals surface area contributed by atoms with Crippen LogP contribution in [0.3, 0.4) is 0 Å². The van der Waals surface area contributed by atoms with Gasteiger partial charge in [-0.15, -0.1) is 0 Å². The topological polar surface area (TPSA) is 28.7 Å². The van der Waals surface area contributed by atoms with Gasteiger partial charge in [0.1, 0.15) is 5.82 Å². The largest absolute Gasteiger partial charge is 0.341 e. The van der Waals surface area contributed by atoms with Crippen molar-refractivity contribution in [3.8, 4) is 0 Å². The van der Waals surface area contributed by atoms with Crippen LogP contribution in [0.4, 0.5) is 0 Å². The molecule has 0 saturated heterocycles. The predicted octanol–water partition coefficient (Wildman–Crippen LogP) is 4.99. The number of nitrogens with one attached hydrogen (secondary N) is 1. The maximum absolute atomic E-state index is 4.83. The van der Waals surface area contributed by atoms with Gasteiger partial charge in [0.15, 0.2) is 0 Å². The van der Waals surface area contributed by atoms with Crippen LogP contribution in [0.25, 0.3) is 32.6 Å². The Kier molecular flexibility index (Phi) is 2.34. The molecule has 0 aliphatic heterocycles. The van der Waals surface area contributed by atoms with Crippen molar-refractivity contribution < 1.29 is 0 Å². The van der Waals surface area contributed by atoms with Gasteiger partial charge < -0.3 is 4.98 Å². The van der Waals surface area contributed by atoms with Gasteiger partial charge >= 0.3 is 0 Å². The van der Waals surface area contributed by atoms with E-state index >= 15 is 0 Å². The Bertz CT molecular complexity index is 859. The lowest BCUT2D eigenvalue weighted by Crippen LogP contribution is -1.88. The van der Waals surface area contributed by atoms with Crippen LogP contribution < -0.4 is 0 Å². The van der Waals surface area contributed by atoms with E-state index in [1.807, 2.05) is 0 Å².